The van der Waals surface area contributed by atoms with Crippen molar-refractivity contribution in [1.29, 1.82) is 0 Å². The summed E-state index contributed by atoms with van der Waals surface area (Å²) in [4.78, 5) is 16.1. The summed E-state index contributed by atoms with van der Waals surface area (Å²) in [6.45, 7) is 11.1. The molecule has 0 aliphatic heterocycles. The van der Waals surface area contributed by atoms with Crippen LogP contribution in [0.25, 0.3) is 0 Å². The number of amides is 1. The lowest BCUT2D eigenvalue weighted by molar-refractivity contribution is -0.121. The average Bonchev–Trinajstić information content (AvgIpc) is 2.52. The van der Waals surface area contributed by atoms with E-state index < -0.39 is 0 Å². The molecule has 1 rings (SSSR count). The molecule has 0 heterocycles. The highest BCUT2D eigenvalue weighted by Gasteiger charge is 2.15. The van der Waals surface area contributed by atoms with Crippen LogP contribution in [0.4, 0.5) is 5.69 Å². The van der Waals surface area contributed by atoms with E-state index >= 15 is 0 Å². The number of para-hydroxylation sites is 1. The standard InChI is InChI=1S/C19H33N5O/c1-14(2)16(23-15-10-8-7-9-11-15)12-21-18(20-6)22-13-17(25)24-19(3,4)5/h7-11,14,16,23H,12-13H2,1-6H3,(H,24,25)(H2,20,21,22). The highest BCUT2D eigenvalue weighted by atomic mass is 16.2. The predicted molar refractivity (Wildman–Crippen MR) is 106 cm³/mol. The van der Waals surface area contributed by atoms with Gasteiger partial charge >= 0.3 is 0 Å². The van der Waals surface area contributed by atoms with Gasteiger partial charge in [0.15, 0.2) is 5.96 Å². The quantitative estimate of drug-likeness (QED) is 0.450. The van der Waals surface area contributed by atoms with Crippen LogP contribution in [-0.4, -0.2) is 43.6 Å². The average molecular weight is 348 g/mol. The van der Waals surface area contributed by atoms with Crippen molar-refractivity contribution < 1.29 is 4.79 Å². The zero-order valence-corrected chi connectivity index (χ0v) is 16.3. The Morgan fingerprint density at radius 1 is 1.12 bits per heavy atom. The van der Waals surface area contributed by atoms with Gasteiger partial charge in [0.25, 0.3) is 0 Å². The molecule has 1 aromatic carbocycles. The molecule has 140 valence electrons. The van der Waals surface area contributed by atoms with Crippen molar-refractivity contribution in [2.45, 2.75) is 46.2 Å². The zero-order chi connectivity index (χ0) is 18.9. The minimum Gasteiger partial charge on any atom is -0.380 e. The fourth-order valence-corrected chi connectivity index (χ4v) is 2.26. The fraction of sp³-hybridized carbons (Fsp3) is 0.579. The number of rotatable bonds is 7. The number of benzene rings is 1. The van der Waals surface area contributed by atoms with Crippen LogP contribution in [0.15, 0.2) is 35.3 Å². The SMILES string of the molecule is CN=C(NCC(=O)NC(C)(C)C)NCC(Nc1ccccc1)C(C)C. The van der Waals surface area contributed by atoms with E-state index in [2.05, 4.69) is 52.2 Å². The van der Waals surface area contributed by atoms with Gasteiger partial charge in [0.05, 0.1) is 6.54 Å². The minimum atomic E-state index is -0.238. The van der Waals surface area contributed by atoms with Gasteiger partial charge in [-0.3, -0.25) is 9.79 Å². The lowest BCUT2D eigenvalue weighted by Crippen LogP contribution is -2.50. The van der Waals surface area contributed by atoms with Crippen LogP contribution in [0, 0.1) is 5.92 Å². The molecule has 0 spiro atoms. The number of hydrogen-bond acceptors (Lipinski definition) is 3. The highest BCUT2D eigenvalue weighted by molar-refractivity contribution is 5.86. The number of carbonyl (C=O) groups is 1. The lowest BCUT2D eigenvalue weighted by Gasteiger charge is -2.25. The van der Waals surface area contributed by atoms with E-state index in [-0.39, 0.29) is 24.0 Å². The van der Waals surface area contributed by atoms with E-state index in [1.807, 2.05) is 39.0 Å². The van der Waals surface area contributed by atoms with Crippen LogP contribution >= 0.6 is 0 Å². The Morgan fingerprint density at radius 2 is 1.76 bits per heavy atom. The Morgan fingerprint density at radius 3 is 2.28 bits per heavy atom. The van der Waals surface area contributed by atoms with Crippen LogP contribution in [-0.2, 0) is 4.79 Å². The third-order valence-electron chi connectivity index (χ3n) is 3.57. The lowest BCUT2D eigenvalue weighted by atomic mass is 10.0. The molecular weight excluding hydrogens is 314 g/mol. The van der Waals surface area contributed by atoms with Gasteiger partial charge in [0.1, 0.15) is 0 Å². The number of hydrogen-bond donors (Lipinski definition) is 4. The third kappa shape index (κ3) is 8.98. The van der Waals surface area contributed by atoms with Crippen LogP contribution in [0.3, 0.4) is 0 Å². The molecule has 1 atom stereocenters. The van der Waals surface area contributed by atoms with Gasteiger partial charge in [0, 0.05) is 30.9 Å². The summed E-state index contributed by atoms with van der Waals surface area (Å²) in [7, 11) is 1.70. The topological polar surface area (TPSA) is 77.5 Å². The molecule has 1 aromatic rings. The molecule has 0 aliphatic carbocycles. The number of carbonyl (C=O) groups excluding carboxylic acids is 1. The van der Waals surface area contributed by atoms with E-state index in [4.69, 9.17) is 0 Å². The van der Waals surface area contributed by atoms with E-state index in [9.17, 15) is 4.79 Å². The Bertz CT molecular complexity index is 549. The second-order valence-corrected chi connectivity index (χ2v) is 7.47. The molecule has 6 heteroatoms. The molecule has 0 saturated carbocycles. The van der Waals surface area contributed by atoms with Crippen molar-refractivity contribution in [2.75, 3.05) is 25.5 Å². The molecule has 0 saturated heterocycles. The van der Waals surface area contributed by atoms with Gasteiger partial charge in [-0.25, -0.2) is 0 Å². The summed E-state index contributed by atoms with van der Waals surface area (Å²) in [5.41, 5.74) is 0.855. The monoisotopic (exact) mass is 347 g/mol. The van der Waals surface area contributed by atoms with Crippen molar-refractivity contribution in [1.82, 2.24) is 16.0 Å². The molecule has 0 bridgehead atoms. The van der Waals surface area contributed by atoms with Gasteiger partial charge in [-0.2, -0.15) is 0 Å². The smallest absolute Gasteiger partial charge is 0.239 e. The molecule has 0 aromatic heterocycles. The van der Waals surface area contributed by atoms with Crippen molar-refractivity contribution in [3.05, 3.63) is 30.3 Å². The van der Waals surface area contributed by atoms with Crippen LogP contribution in [0.2, 0.25) is 0 Å². The number of guanidine groups is 1. The van der Waals surface area contributed by atoms with Crippen molar-refractivity contribution in [2.24, 2.45) is 10.9 Å². The zero-order valence-electron chi connectivity index (χ0n) is 16.3. The van der Waals surface area contributed by atoms with Gasteiger partial charge in [-0.15, -0.1) is 0 Å². The first-order chi connectivity index (χ1) is 11.7. The Kier molecular flexibility index (Phi) is 8.25. The first-order valence-corrected chi connectivity index (χ1v) is 8.78. The van der Waals surface area contributed by atoms with Crippen molar-refractivity contribution in [3.63, 3.8) is 0 Å². The maximum Gasteiger partial charge on any atom is 0.239 e. The molecule has 25 heavy (non-hydrogen) atoms. The third-order valence-corrected chi connectivity index (χ3v) is 3.57. The minimum absolute atomic E-state index is 0.0572. The van der Waals surface area contributed by atoms with Crippen molar-refractivity contribution >= 4 is 17.6 Å². The van der Waals surface area contributed by atoms with E-state index in [1.165, 1.54) is 0 Å². The molecule has 1 amide bonds. The summed E-state index contributed by atoms with van der Waals surface area (Å²) in [5, 5.41) is 12.8. The maximum atomic E-state index is 11.9. The number of aliphatic imine (C=N–C) groups is 1. The molecule has 4 N–H and O–H groups in total. The Hall–Kier alpha value is -2.24. The normalized spacial score (nSPS) is 13.3. The van der Waals surface area contributed by atoms with Crippen molar-refractivity contribution in [3.8, 4) is 0 Å². The van der Waals surface area contributed by atoms with Gasteiger partial charge in [-0.1, -0.05) is 32.0 Å². The largest absolute Gasteiger partial charge is 0.380 e. The van der Waals surface area contributed by atoms with Gasteiger partial charge < -0.3 is 21.3 Å². The Labute approximate surface area is 151 Å². The van der Waals surface area contributed by atoms with Gasteiger partial charge in [-0.05, 0) is 38.8 Å². The number of nitrogens with one attached hydrogen (secondary N) is 4. The van der Waals surface area contributed by atoms with Crippen LogP contribution in [0.5, 0.6) is 0 Å². The Balaban J connectivity index is 2.49. The molecule has 0 aliphatic rings. The summed E-state index contributed by atoms with van der Waals surface area (Å²) in [5.74, 6) is 0.998. The fourth-order valence-electron chi connectivity index (χ4n) is 2.26. The van der Waals surface area contributed by atoms with Crippen LogP contribution in [0.1, 0.15) is 34.6 Å². The van der Waals surface area contributed by atoms with E-state index in [1.54, 1.807) is 7.05 Å². The van der Waals surface area contributed by atoms with Crippen LogP contribution < -0.4 is 21.3 Å². The summed E-state index contributed by atoms with van der Waals surface area (Å²) >= 11 is 0. The van der Waals surface area contributed by atoms with E-state index in [0.29, 0.717) is 18.4 Å². The molecule has 6 nitrogen and oxygen atoms in total. The predicted octanol–water partition coefficient (Wildman–Crippen LogP) is 2.20. The first-order valence-electron chi connectivity index (χ1n) is 8.78. The van der Waals surface area contributed by atoms with E-state index in [0.717, 1.165) is 5.69 Å². The van der Waals surface area contributed by atoms with Gasteiger partial charge in [0.2, 0.25) is 5.91 Å². The number of anilines is 1. The molecule has 0 radical (unpaired) electrons. The summed E-state index contributed by atoms with van der Waals surface area (Å²) < 4.78 is 0. The maximum absolute atomic E-state index is 11.9. The second-order valence-electron chi connectivity index (χ2n) is 7.47. The summed E-state index contributed by atoms with van der Waals surface area (Å²) in [6, 6.07) is 10.4. The second kappa shape index (κ2) is 9.91. The summed E-state index contributed by atoms with van der Waals surface area (Å²) in [6.07, 6.45) is 0. The molecule has 1 unspecified atom stereocenters. The highest BCUT2D eigenvalue weighted by Crippen LogP contribution is 2.11. The number of nitrogens with zero attached hydrogens (tertiary/aromatic N) is 1. The molecule has 0 fully saturated rings. The first kappa shape index (κ1) is 20.8. The molecular formula is C19H33N5O.